The van der Waals surface area contributed by atoms with E-state index in [-0.39, 0.29) is 0 Å². The Morgan fingerprint density at radius 2 is 0.895 bits per heavy atom. The third-order valence-electron chi connectivity index (χ3n) is 12.3. The van der Waals surface area contributed by atoms with Gasteiger partial charge in [0, 0.05) is 51.8 Å². The first-order valence-corrected chi connectivity index (χ1v) is 20.5. The molecule has 0 saturated carbocycles. The number of furan rings is 2. The molecule has 2 heterocycles. The van der Waals surface area contributed by atoms with Crippen LogP contribution < -0.4 is 4.90 Å². The smallest absolute Gasteiger partial charge is 0.135 e. The summed E-state index contributed by atoms with van der Waals surface area (Å²) in [5.41, 5.74) is 18.4. The van der Waals surface area contributed by atoms with Gasteiger partial charge in [-0.3, -0.25) is 0 Å². The van der Waals surface area contributed by atoms with Crippen LogP contribution in [0.3, 0.4) is 0 Å². The lowest BCUT2D eigenvalue weighted by molar-refractivity contribution is 0.546. The molecule has 3 nitrogen and oxygen atoms in total. The number of allylic oxidation sites excluding steroid dienone is 10. The van der Waals surface area contributed by atoms with E-state index in [1.807, 2.05) is 0 Å². The summed E-state index contributed by atoms with van der Waals surface area (Å²) in [6.45, 7) is 0. The van der Waals surface area contributed by atoms with E-state index in [0.717, 1.165) is 85.4 Å². The van der Waals surface area contributed by atoms with Gasteiger partial charge in [-0.2, -0.15) is 0 Å². The molecule has 0 N–H and O–H groups in total. The maximum absolute atomic E-state index is 6.32. The summed E-state index contributed by atoms with van der Waals surface area (Å²) in [4.78, 5) is 2.44. The summed E-state index contributed by atoms with van der Waals surface area (Å²) in [6.07, 6.45) is 26.5. The van der Waals surface area contributed by atoms with Gasteiger partial charge in [0.15, 0.2) is 0 Å². The third kappa shape index (κ3) is 6.24. The van der Waals surface area contributed by atoms with Crippen LogP contribution in [-0.2, 0) is 12.8 Å². The standard InChI is InChI=1S/C54H43NO2/c1-2-8-36(9-3-1)37-14-16-38(17-15-37)39-18-26-44(27-19-39)55(45-28-20-40(21-29-45)42-24-32-49-47-10-4-6-12-51(47)56-53(49)34-42)46-30-22-41(23-31-46)43-25-33-50-48-11-5-7-13-52(48)57-54(50)35-43/h1-5,8-11,14,16,18,20-26,28-35H,6-7,12-13,15,17,19,27H2. The monoisotopic (exact) mass is 737 g/mol. The van der Waals surface area contributed by atoms with E-state index in [9.17, 15) is 0 Å². The van der Waals surface area contributed by atoms with Crippen molar-refractivity contribution < 1.29 is 8.83 Å². The molecular weight excluding hydrogens is 695 g/mol. The molecule has 0 atom stereocenters. The summed E-state index contributed by atoms with van der Waals surface area (Å²) in [5.74, 6) is 2.20. The van der Waals surface area contributed by atoms with Gasteiger partial charge in [0.05, 0.1) is 0 Å². The van der Waals surface area contributed by atoms with Crippen LogP contribution in [0.1, 0.15) is 66.7 Å². The molecule has 276 valence electrons. The summed E-state index contributed by atoms with van der Waals surface area (Å²) in [5, 5.41) is 2.40. The molecule has 4 aliphatic carbocycles. The van der Waals surface area contributed by atoms with E-state index in [1.165, 1.54) is 72.1 Å². The number of hydrogen-bond donors (Lipinski definition) is 0. The number of fused-ring (bicyclic) bond motifs is 6. The van der Waals surface area contributed by atoms with Gasteiger partial charge in [0.2, 0.25) is 0 Å². The average Bonchev–Trinajstić information content (AvgIpc) is 3.85. The zero-order valence-electron chi connectivity index (χ0n) is 32.0. The van der Waals surface area contributed by atoms with Crippen LogP contribution in [0, 0.1) is 0 Å². The van der Waals surface area contributed by atoms with Crippen molar-refractivity contribution in [2.75, 3.05) is 4.90 Å². The molecule has 0 saturated heterocycles. The second-order valence-corrected chi connectivity index (χ2v) is 15.7. The minimum Gasteiger partial charge on any atom is -0.460 e. The van der Waals surface area contributed by atoms with Gasteiger partial charge >= 0.3 is 0 Å². The highest BCUT2D eigenvalue weighted by molar-refractivity contribution is 5.93. The average molecular weight is 738 g/mol. The fourth-order valence-corrected chi connectivity index (χ4v) is 9.23. The molecule has 57 heavy (non-hydrogen) atoms. The Labute approximate surface area is 334 Å². The molecule has 7 aromatic rings. The van der Waals surface area contributed by atoms with Gasteiger partial charge < -0.3 is 13.7 Å². The SMILES string of the molecule is C1=Cc2c(oc3cc(-c4ccc(N(C5=CC=C(C6=CC=C(c7ccccc7)CC6)CC5)c5ccc(-c6ccc7c8c(oc7c6)CCC=C8)cc5)cc4)ccc23)CC1. The first kappa shape index (κ1) is 33.7. The highest BCUT2D eigenvalue weighted by Gasteiger charge is 2.21. The van der Waals surface area contributed by atoms with Crippen molar-refractivity contribution in [3.8, 4) is 22.3 Å². The van der Waals surface area contributed by atoms with Crippen molar-refractivity contribution in [3.63, 3.8) is 0 Å². The topological polar surface area (TPSA) is 29.5 Å². The van der Waals surface area contributed by atoms with E-state index in [0.29, 0.717) is 0 Å². The summed E-state index contributed by atoms with van der Waals surface area (Å²) < 4.78 is 12.6. The van der Waals surface area contributed by atoms with Crippen molar-refractivity contribution >= 4 is 51.0 Å². The maximum atomic E-state index is 6.32. The van der Waals surface area contributed by atoms with Crippen LogP contribution >= 0.6 is 0 Å². The lowest BCUT2D eigenvalue weighted by Crippen LogP contribution is -2.18. The summed E-state index contributed by atoms with van der Waals surface area (Å²) >= 11 is 0. The molecule has 0 bridgehead atoms. The van der Waals surface area contributed by atoms with Gasteiger partial charge in [-0.25, -0.2) is 0 Å². The molecular formula is C54H43NO2. The highest BCUT2D eigenvalue weighted by atomic mass is 16.3. The van der Waals surface area contributed by atoms with Crippen LogP contribution in [0.25, 0.3) is 61.9 Å². The van der Waals surface area contributed by atoms with Crippen LogP contribution in [-0.4, -0.2) is 0 Å². The first-order chi connectivity index (χ1) is 28.2. The van der Waals surface area contributed by atoms with Crippen LogP contribution in [0.2, 0.25) is 0 Å². The predicted molar refractivity (Wildman–Crippen MR) is 237 cm³/mol. The van der Waals surface area contributed by atoms with E-state index in [4.69, 9.17) is 8.83 Å². The quantitative estimate of drug-likeness (QED) is 0.163. The van der Waals surface area contributed by atoms with Crippen molar-refractivity contribution in [1.29, 1.82) is 0 Å². The number of anilines is 2. The number of hydrogen-bond acceptors (Lipinski definition) is 3. The number of nitrogens with zero attached hydrogens (tertiary/aromatic N) is 1. The number of benzene rings is 5. The Kier molecular flexibility index (Phi) is 8.39. The minimum atomic E-state index is 0.963. The molecule has 2 aromatic heterocycles. The van der Waals surface area contributed by atoms with Crippen molar-refractivity contribution in [2.45, 2.75) is 51.4 Å². The first-order valence-electron chi connectivity index (χ1n) is 20.5. The Hall–Kier alpha value is -6.58. The van der Waals surface area contributed by atoms with Gasteiger partial charge in [-0.1, -0.05) is 109 Å². The Balaban J connectivity index is 0.920. The summed E-state index contributed by atoms with van der Waals surface area (Å²) in [6, 6.07) is 42.2. The molecule has 5 aromatic carbocycles. The van der Waals surface area contributed by atoms with Crippen molar-refractivity contribution in [2.24, 2.45) is 0 Å². The predicted octanol–water partition coefficient (Wildman–Crippen LogP) is 15.0. The van der Waals surface area contributed by atoms with Crippen LogP contribution in [0.5, 0.6) is 0 Å². The highest BCUT2D eigenvalue weighted by Crippen LogP contribution is 2.41. The summed E-state index contributed by atoms with van der Waals surface area (Å²) in [7, 11) is 0. The third-order valence-corrected chi connectivity index (χ3v) is 12.3. The molecule has 0 amide bonds. The largest absolute Gasteiger partial charge is 0.460 e. The molecule has 3 heteroatoms. The van der Waals surface area contributed by atoms with Gasteiger partial charge in [-0.15, -0.1) is 0 Å². The van der Waals surface area contributed by atoms with Crippen molar-refractivity contribution in [3.05, 3.63) is 197 Å². The van der Waals surface area contributed by atoms with Crippen LogP contribution in [0.15, 0.2) is 177 Å². The Bertz CT molecular complexity index is 2720. The molecule has 11 rings (SSSR count). The van der Waals surface area contributed by atoms with Crippen LogP contribution in [0.4, 0.5) is 11.4 Å². The lowest BCUT2D eigenvalue weighted by Gasteiger charge is -2.31. The van der Waals surface area contributed by atoms with Gasteiger partial charge in [0.25, 0.3) is 0 Å². The van der Waals surface area contributed by atoms with Gasteiger partial charge in [-0.05, 0) is 138 Å². The molecule has 4 aliphatic rings. The zero-order chi connectivity index (χ0) is 37.7. The number of rotatable bonds is 7. The van der Waals surface area contributed by atoms with E-state index < -0.39 is 0 Å². The van der Waals surface area contributed by atoms with Crippen molar-refractivity contribution in [1.82, 2.24) is 0 Å². The Morgan fingerprint density at radius 1 is 0.404 bits per heavy atom. The normalized spacial score (nSPS) is 16.1. The Morgan fingerprint density at radius 3 is 1.40 bits per heavy atom. The fourth-order valence-electron chi connectivity index (χ4n) is 9.23. The molecule has 0 radical (unpaired) electrons. The van der Waals surface area contributed by atoms with Gasteiger partial charge in [0.1, 0.15) is 22.7 Å². The molecule has 0 unspecified atom stereocenters. The minimum absolute atomic E-state index is 0.963. The molecule has 0 fully saturated rings. The fraction of sp³-hybridized carbons (Fsp3) is 0.148. The number of aryl methyl sites for hydroxylation is 2. The van der Waals surface area contributed by atoms with E-state index in [2.05, 4.69) is 169 Å². The second kappa shape index (κ2) is 14.2. The second-order valence-electron chi connectivity index (χ2n) is 15.7. The molecule has 0 spiro atoms. The lowest BCUT2D eigenvalue weighted by atomic mass is 9.86. The maximum Gasteiger partial charge on any atom is 0.135 e. The van der Waals surface area contributed by atoms with E-state index >= 15 is 0 Å². The molecule has 0 aliphatic heterocycles. The zero-order valence-corrected chi connectivity index (χ0v) is 32.0. The van der Waals surface area contributed by atoms with E-state index in [1.54, 1.807) is 0 Å².